The van der Waals surface area contributed by atoms with Gasteiger partial charge in [-0.2, -0.15) is 0 Å². The van der Waals surface area contributed by atoms with E-state index in [2.05, 4.69) is 4.72 Å². The molecule has 0 saturated carbocycles. The third-order valence-electron chi connectivity index (χ3n) is 4.11. The third kappa shape index (κ3) is 3.12. The number of carbonyl (C=O) groups is 1. The molecule has 1 unspecified atom stereocenters. The molecule has 1 aliphatic rings. The molecule has 0 radical (unpaired) electrons. The summed E-state index contributed by atoms with van der Waals surface area (Å²) >= 11 is 5.82. The van der Waals surface area contributed by atoms with Gasteiger partial charge in [-0.05, 0) is 48.2 Å². The molecule has 1 N–H and O–H groups in total. The highest BCUT2D eigenvalue weighted by atomic mass is 35.5. The number of carbonyl (C=O) groups excluding carboxylic acids is 1. The second kappa shape index (κ2) is 6.45. The van der Waals surface area contributed by atoms with Crippen LogP contribution in [0.4, 0.5) is 0 Å². The Balaban J connectivity index is 1.85. The van der Waals surface area contributed by atoms with Gasteiger partial charge >= 0.3 is 0 Å². The predicted octanol–water partition coefficient (Wildman–Crippen LogP) is 2.88. The van der Waals surface area contributed by atoms with Crippen molar-refractivity contribution >= 4 is 27.5 Å². The van der Waals surface area contributed by atoms with Gasteiger partial charge < -0.3 is 4.74 Å². The lowest BCUT2D eigenvalue weighted by atomic mass is 10.0. The molecule has 7 heteroatoms. The number of methoxy groups -OCH3 is 1. The van der Waals surface area contributed by atoms with Gasteiger partial charge in [0.1, 0.15) is 5.75 Å². The fourth-order valence-corrected chi connectivity index (χ4v) is 4.30. The number of halogens is 1. The summed E-state index contributed by atoms with van der Waals surface area (Å²) < 4.78 is 32.2. The van der Waals surface area contributed by atoms with Gasteiger partial charge in [-0.1, -0.05) is 29.8 Å². The quantitative estimate of drug-likeness (QED) is 0.904. The summed E-state index contributed by atoms with van der Waals surface area (Å²) in [5.74, 6) is -0.327. The lowest BCUT2D eigenvalue weighted by molar-refractivity contribution is -0.120. The number of amides is 1. The van der Waals surface area contributed by atoms with Crippen LogP contribution in [0.3, 0.4) is 0 Å². The maximum Gasteiger partial charge on any atom is 0.264 e. The van der Waals surface area contributed by atoms with E-state index >= 15 is 0 Å². The molecule has 0 bridgehead atoms. The molecule has 0 saturated heterocycles. The van der Waals surface area contributed by atoms with E-state index in [0.29, 0.717) is 17.9 Å². The van der Waals surface area contributed by atoms with Crippen LogP contribution in [0.2, 0.25) is 5.02 Å². The van der Waals surface area contributed by atoms with Crippen LogP contribution in [0.1, 0.15) is 23.5 Å². The molecule has 2 aromatic rings. The summed E-state index contributed by atoms with van der Waals surface area (Å²) in [6, 6.07) is 11.3. The van der Waals surface area contributed by atoms with Crippen molar-refractivity contribution in [3.8, 4) is 5.75 Å². The summed E-state index contributed by atoms with van der Waals surface area (Å²) in [6.45, 7) is 0. The zero-order valence-corrected chi connectivity index (χ0v) is 14.5. The Hall–Kier alpha value is -2.05. The van der Waals surface area contributed by atoms with Crippen molar-refractivity contribution in [2.45, 2.75) is 23.7 Å². The Labute approximate surface area is 145 Å². The summed E-state index contributed by atoms with van der Waals surface area (Å²) in [4.78, 5) is 12.5. The maximum absolute atomic E-state index is 12.5. The van der Waals surface area contributed by atoms with Crippen LogP contribution < -0.4 is 9.46 Å². The van der Waals surface area contributed by atoms with Crippen LogP contribution in [-0.2, 0) is 21.2 Å². The standard InChI is InChI=1S/C17H16ClNO4S/c1-23-16-7-3-6-13-14(16)8-9-15(13)17(20)19-24(21,22)12-5-2-4-11(18)10-12/h2-7,10,15H,8-9H2,1H3,(H,19,20). The van der Waals surface area contributed by atoms with Crippen LogP contribution in [0.25, 0.3) is 0 Å². The minimum absolute atomic E-state index is 0.0350. The van der Waals surface area contributed by atoms with E-state index in [1.165, 1.54) is 18.2 Å². The highest BCUT2D eigenvalue weighted by Crippen LogP contribution is 2.38. The largest absolute Gasteiger partial charge is 0.496 e. The average molecular weight is 366 g/mol. The van der Waals surface area contributed by atoms with E-state index in [1.807, 2.05) is 12.1 Å². The first kappa shape index (κ1) is 16.8. The summed E-state index contributed by atoms with van der Waals surface area (Å²) in [5.41, 5.74) is 1.77. The Morgan fingerprint density at radius 1 is 1.25 bits per heavy atom. The molecule has 3 rings (SSSR count). The topological polar surface area (TPSA) is 72.5 Å². The molecule has 0 aliphatic heterocycles. The number of sulfonamides is 1. The smallest absolute Gasteiger partial charge is 0.264 e. The molecule has 1 aliphatic carbocycles. The number of hydrogen-bond acceptors (Lipinski definition) is 4. The predicted molar refractivity (Wildman–Crippen MR) is 90.8 cm³/mol. The van der Waals surface area contributed by atoms with E-state index in [0.717, 1.165) is 16.9 Å². The van der Waals surface area contributed by atoms with Crippen molar-refractivity contribution in [1.82, 2.24) is 4.72 Å². The molecular weight excluding hydrogens is 350 g/mol. The molecule has 5 nitrogen and oxygen atoms in total. The van der Waals surface area contributed by atoms with Crippen LogP contribution in [0.5, 0.6) is 5.75 Å². The van der Waals surface area contributed by atoms with Crippen molar-refractivity contribution in [2.24, 2.45) is 0 Å². The van der Waals surface area contributed by atoms with E-state index in [4.69, 9.17) is 16.3 Å². The number of benzene rings is 2. The van der Waals surface area contributed by atoms with E-state index < -0.39 is 21.8 Å². The van der Waals surface area contributed by atoms with Crippen molar-refractivity contribution in [3.05, 3.63) is 58.6 Å². The van der Waals surface area contributed by atoms with Gasteiger partial charge in [-0.25, -0.2) is 13.1 Å². The molecule has 24 heavy (non-hydrogen) atoms. The first-order chi connectivity index (χ1) is 11.4. The SMILES string of the molecule is COc1cccc2c1CCC2C(=O)NS(=O)(=O)c1cccc(Cl)c1. The minimum atomic E-state index is -3.95. The number of ether oxygens (including phenoxy) is 1. The average Bonchev–Trinajstić information content (AvgIpc) is 2.98. The lowest BCUT2D eigenvalue weighted by Gasteiger charge is -2.13. The first-order valence-electron chi connectivity index (χ1n) is 7.40. The van der Waals surface area contributed by atoms with Gasteiger partial charge in [0.15, 0.2) is 0 Å². The molecule has 0 spiro atoms. The Kier molecular flexibility index (Phi) is 4.51. The van der Waals surface area contributed by atoms with E-state index in [-0.39, 0.29) is 4.90 Å². The fourth-order valence-electron chi connectivity index (χ4n) is 2.98. The Morgan fingerprint density at radius 2 is 2.00 bits per heavy atom. The first-order valence-corrected chi connectivity index (χ1v) is 9.26. The van der Waals surface area contributed by atoms with E-state index in [9.17, 15) is 13.2 Å². The summed E-state index contributed by atoms with van der Waals surface area (Å²) in [7, 11) is -2.38. The minimum Gasteiger partial charge on any atom is -0.496 e. The second-order valence-corrected chi connectivity index (χ2v) is 7.67. The monoisotopic (exact) mass is 365 g/mol. The zero-order chi connectivity index (χ0) is 17.3. The number of nitrogens with one attached hydrogen (secondary N) is 1. The molecule has 1 amide bonds. The van der Waals surface area contributed by atoms with Gasteiger partial charge in [-0.15, -0.1) is 0 Å². The number of hydrogen-bond donors (Lipinski definition) is 1. The van der Waals surface area contributed by atoms with Crippen molar-refractivity contribution in [1.29, 1.82) is 0 Å². The normalized spacial score (nSPS) is 16.5. The van der Waals surface area contributed by atoms with E-state index in [1.54, 1.807) is 19.2 Å². The van der Waals surface area contributed by atoms with Crippen LogP contribution in [-0.4, -0.2) is 21.4 Å². The molecule has 2 aromatic carbocycles. The van der Waals surface area contributed by atoms with Crippen molar-refractivity contribution < 1.29 is 17.9 Å². The third-order valence-corrected chi connectivity index (χ3v) is 5.68. The summed E-state index contributed by atoms with van der Waals surface area (Å²) in [6.07, 6.45) is 1.22. The highest BCUT2D eigenvalue weighted by Gasteiger charge is 2.32. The summed E-state index contributed by atoms with van der Waals surface area (Å²) in [5, 5.41) is 0.293. The molecule has 0 aromatic heterocycles. The lowest BCUT2D eigenvalue weighted by Crippen LogP contribution is -2.34. The number of rotatable bonds is 4. The van der Waals surface area contributed by atoms with Crippen LogP contribution >= 0.6 is 11.6 Å². The molecule has 0 fully saturated rings. The Bertz CT molecular complexity index is 895. The maximum atomic E-state index is 12.5. The highest BCUT2D eigenvalue weighted by molar-refractivity contribution is 7.90. The van der Waals surface area contributed by atoms with Gasteiger partial charge in [0.2, 0.25) is 5.91 Å². The molecule has 0 heterocycles. The Morgan fingerprint density at radius 3 is 2.71 bits per heavy atom. The van der Waals surface area contributed by atoms with Gasteiger partial charge in [0.05, 0.1) is 17.9 Å². The van der Waals surface area contributed by atoms with Gasteiger partial charge in [0, 0.05) is 5.02 Å². The van der Waals surface area contributed by atoms with Crippen molar-refractivity contribution in [2.75, 3.05) is 7.11 Å². The van der Waals surface area contributed by atoms with Crippen molar-refractivity contribution in [3.63, 3.8) is 0 Å². The number of fused-ring (bicyclic) bond motifs is 1. The molecule has 126 valence electrons. The van der Waals surface area contributed by atoms with Crippen LogP contribution in [0.15, 0.2) is 47.4 Å². The van der Waals surface area contributed by atoms with Gasteiger partial charge in [-0.3, -0.25) is 4.79 Å². The molecule has 1 atom stereocenters. The molecular formula is C17H16ClNO4S. The fraction of sp³-hybridized carbons (Fsp3) is 0.235. The zero-order valence-electron chi connectivity index (χ0n) is 13.0. The second-order valence-electron chi connectivity index (χ2n) is 5.55. The van der Waals surface area contributed by atoms with Gasteiger partial charge in [0.25, 0.3) is 10.0 Å². The van der Waals surface area contributed by atoms with Crippen LogP contribution in [0, 0.1) is 0 Å².